The SMILES string of the molecule is O=[N+]([O-])c1ccc(F)c(F)c1NCC1(O)CCOC1. The summed E-state index contributed by atoms with van der Waals surface area (Å²) in [7, 11) is 0. The van der Waals surface area contributed by atoms with Gasteiger partial charge < -0.3 is 15.2 Å². The van der Waals surface area contributed by atoms with Crippen molar-refractivity contribution in [3.63, 3.8) is 0 Å². The van der Waals surface area contributed by atoms with Crippen molar-refractivity contribution >= 4 is 11.4 Å². The van der Waals surface area contributed by atoms with Crippen molar-refractivity contribution in [1.82, 2.24) is 0 Å². The summed E-state index contributed by atoms with van der Waals surface area (Å²) in [5.74, 6) is -2.53. The molecule has 0 radical (unpaired) electrons. The summed E-state index contributed by atoms with van der Waals surface area (Å²) in [6.45, 7) is 0.241. The number of rotatable bonds is 4. The maximum Gasteiger partial charge on any atom is 0.295 e. The van der Waals surface area contributed by atoms with Crippen LogP contribution in [0, 0.1) is 21.7 Å². The van der Waals surface area contributed by atoms with Gasteiger partial charge >= 0.3 is 0 Å². The average molecular weight is 274 g/mol. The van der Waals surface area contributed by atoms with Gasteiger partial charge in [0.05, 0.1) is 11.5 Å². The lowest BCUT2D eigenvalue weighted by Gasteiger charge is -2.21. The Hall–Kier alpha value is -1.80. The van der Waals surface area contributed by atoms with Crippen molar-refractivity contribution in [2.75, 3.05) is 25.1 Å². The minimum atomic E-state index is -1.34. The molecule has 0 aliphatic carbocycles. The second-order valence-electron chi connectivity index (χ2n) is 4.39. The van der Waals surface area contributed by atoms with Gasteiger partial charge in [0.2, 0.25) is 0 Å². The van der Waals surface area contributed by atoms with Crippen molar-refractivity contribution in [3.05, 3.63) is 33.9 Å². The molecule has 0 spiro atoms. The third kappa shape index (κ3) is 2.79. The molecule has 1 aromatic rings. The highest BCUT2D eigenvalue weighted by Crippen LogP contribution is 2.30. The Balaban J connectivity index is 2.23. The van der Waals surface area contributed by atoms with E-state index in [-0.39, 0.29) is 13.2 Å². The molecule has 0 bridgehead atoms. The monoisotopic (exact) mass is 274 g/mol. The summed E-state index contributed by atoms with van der Waals surface area (Å²) in [6, 6.07) is 1.56. The Morgan fingerprint density at radius 3 is 2.84 bits per heavy atom. The molecule has 1 saturated heterocycles. The molecule has 6 nitrogen and oxygen atoms in total. The molecular weight excluding hydrogens is 262 g/mol. The number of nitrogens with one attached hydrogen (secondary N) is 1. The fourth-order valence-corrected chi connectivity index (χ4v) is 1.85. The maximum absolute atomic E-state index is 13.6. The Morgan fingerprint density at radius 1 is 1.53 bits per heavy atom. The fraction of sp³-hybridized carbons (Fsp3) is 0.455. The van der Waals surface area contributed by atoms with E-state index < -0.39 is 33.5 Å². The van der Waals surface area contributed by atoms with Crippen LogP contribution < -0.4 is 5.32 Å². The number of nitro groups is 1. The summed E-state index contributed by atoms with van der Waals surface area (Å²) in [5.41, 5.74) is -2.38. The van der Waals surface area contributed by atoms with E-state index in [0.717, 1.165) is 6.07 Å². The van der Waals surface area contributed by atoms with Crippen molar-refractivity contribution < 1.29 is 23.5 Å². The quantitative estimate of drug-likeness (QED) is 0.641. The van der Waals surface area contributed by atoms with Crippen LogP contribution in [0.25, 0.3) is 0 Å². The van der Waals surface area contributed by atoms with Crippen LogP contribution in [0.3, 0.4) is 0 Å². The lowest BCUT2D eigenvalue weighted by molar-refractivity contribution is -0.384. The normalized spacial score (nSPS) is 22.5. The number of halogens is 2. The van der Waals surface area contributed by atoms with Crippen LogP contribution in [0.2, 0.25) is 0 Å². The van der Waals surface area contributed by atoms with Crippen LogP contribution in [0.4, 0.5) is 20.2 Å². The number of hydrogen-bond donors (Lipinski definition) is 2. The van der Waals surface area contributed by atoms with Crippen molar-refractivity contribution in [2.24, 2.45) is 0 Å². The van der Waals surface area contributed by atoms with Gasteiger partial charge in [0.25, 0.3) is 5.69 Å². The molecule has 1 aromatic carbocycles. The zero-order valence-corrected chi connectivity index (χ0v) is 9.86. The van der Waals surface area contributed by atoms with Crippen LogP contribution >= 0.6 is 0 Å². The third-order valence-electron chi connectivity index (χ3n) is 2.95. The predicted octanol–water partition coefficient (Wildman–Crippen LogP) is 1.44. The number of benzene rings is 1. The standard InChI is InChI=1S/C11H12F2N2O4/c12-7-1-2-8(15(17)18)10(9(7)13)14-5-11(16)3-4-19-6-11/h1-2,14,16H,3-6H2. The highest BCUT2D eigenvalue weighted by molar-refractivity contribution is 5.62. The molecule has 0 aromatic heterocycles. The van der Waals surface area contributed by atoms with Gasteiger partial charge in [-0.3, -0.25) is 10.1 Å². The first-order chi connectivity index (χ1) is 8.93. The molecule has 0 saturated carbocycles. The van der Waals surface area contributed by atoms with E-state index in [9.17, 15) is 24.0 Å². The zero-order valence-electron chi connectivity index (χ0n) is 9.86. The first-order valence-corrected chi connectivity index (χ1v) is 5.59. The Bertz CT molecular complexity index is 504. The molecule has 8 heteroatoms. The van der Waals surface area contributed by atoms with Crippen LogP contribution in [-0.4, -0.2) is 35.4 Å². The molecule has 1 heterocycles. The van der Waals surface area contributed by atoms with Gasteiger partial charge in [-0.25, -0.2) is 8.78 Å². The summed E-state index contributed by atoms with van der Waals surface area (Å²) >= 11 is 0. The lowest BCUT2D eigenvalue weighted by atomic mass is 10.0. The molecule has 19 heavy (non-hydrogen) atoms. The second-order valence-corrected chi connectivity index (χ2v) is 4.39. The Labute approximate surface area is 107 Å². The van der Waals surface area contributed by atoms with E-state index in [1.807, 2.05) is 0 Å². The number of nitrogens with zero attached hydrogens (tertiary/aromatic N) is 1. The summed E-state index contributed by atoms with van der Waals surface area (Å²) in [5, 5.41) is 23.1. The zero-order chi connectivity index (χ0) is 14.0. The van der Waals surface area contributed by atoms with Crippen molar-refractivity contribution in [1.29, 1.82) is 0 Å². The molecule has 1 aliphatic heterocycles. The van der Waals surface area contributed by atoms with Gasteiger partial charge in [-0.05, 0) is 6.07 Å². The highest BCUT2D eigenvalue weighted by atomic mass is 19.2. The van der Waals surface area contributed by atoms with Crippen LogP contribution in [0.5, 0.6) is 0 Å². The van der Waals surface area contributed by atoms with Gasteiger partial charge in [-0.1, -0.05) is 0 Å². The van der Waals surface area contributed by atoms with Crippen LogP contribution in [0.1, 0.15) is 6.42 Å². The molecule has 1 unspecified atom stereocenters. The smallest absolute Gasteiger partial charge is 0.295 e. The third-order valence-corrected chi connectivity index (χ3v) is 2.95. The van der Waals surface area contributed by atoms with Gasteiger partial charge in [0.1, 0.15) is 5.60 Å². The van der Waals surface area contributed by atoms with E-state index >= 15 is 0 Å². The number of nitro benzene ring substituents is 1. The predicted molar refractivity (Wildman–Crippen MR) is 61.9 cm³/mol. The first-order valence-electron chi connectivity index (χ1n) is 5.59. The minimum absolute atomic E-state index is 0.0464. The molecule has 2 N–H and O–H groups in total. The molecule has 1 aliphatic rings. The van der Waals surface area contributed by atoms with E-state index in [0.29, 0.717) is 19.1 Å². The summed E-state index contributed by atoms with van der Waals surface area (Å²) < 4.78 is 31.6. The summed E-state index contributed by atoms with van der Waals surface area (Å²) in [4.78, 5) is 9.93. The fourth-order valence-electron chi connectivity index (χ4n) is 1.85. The number of hydrogen-bond acceptors (Lipinski definition) is 5. The molecule has 104 valence electrons. The van der Waals surface area contributed by atoms with Crippen LogP contribution in [-0.2, 0) is 4.74 Å². The molecule has 1 fully saturated rings. The molecule has 2 rings (SSSR count). The Kier molecular flexibility index (Phi) is 3.63. The van der Waals surface area contributed by atoms with Gasteiger partial charge in [-0.15, -0.1) is 0 Å². The largest absolute Gasteiger partial charge is 0.386 e. The van der Waals surface area contributed by atoms with Crippen molar-refractivity contribution in [2.45, 2.75) is 12.0 Å². The second kappa shape index (κ2) is 5.06. The average Bonchev–Trinajstić information content (AvgIpc) is 2.78. The lowest BCUT2D eigenvalue weighted by Crippen LogP contribution is -2.37. The number of aliphatic hydroxyl groups is 1. The molecule has 1 atom stereocenters. The van der Waals surface area contributed by atoms with Gasteiger partial charge in [-0.2, -0.15) is 0 Å². The topological polar surface area (TPSA) is 84.6 Å². The van der Waals surface area contributed by atoms with E-state index in [2.05, 4.69) is 5.32 Å². The van der Waals surface area contributed by atoms with E-state index in [4.69, 9.17) is 4.74 Å². The van der Waals surface area contributed by atoms with E-state index in [1.54, 1.807) is 0 Å². The molecule has 0 amide bonds. The number of ether oxygens (including phenoxy) is 1. The van der Waals surface area contributed by atoms with Crippen molar-refractivity contribution in [3.8, 4) is 0 Å². The van der Waals surface area contributed by atoms with Crippen LogP contribution in [0.15, 0.2) is 12.1 Å². The van der Waals surface area contributed by atoms with Gasteiger partial charge in [0.15, 0.2) is 17.3 Å². The van der Waals surface area contributed by atoms with E-state index in [1.165, 1.54) is 0 Å². The summed E-state index contributed by atoms with van der Waals surface area (Å²) in [6.07, 6.45) is 0.324. The minimum Gasteiger partial charge on any atom is -0.386 e. The highest BCUT2D eigenvalue weighted by Gasteiger charge is 2.33. The van der Waals surface area contributed by atoms with Gasteiger partial charge in [0, 0.05) is 25.6 Å². The Morgan fingerprint density at radius 2 is 2.26 bits per heavy atom. The molecular formula is C11H12F2N2O4. The number of anilines is 1. The maximum atomic E-state index is 13.6. The first kappa shape index (κ1) is 13.6.